The summed E-state index contributed by atoms with van der Waals surface area (Å²) in [6.07, 6.45) is 0. The highest BCUT2D eigenvalue weighted by Gasteiger charge is 2.34. The van der Waals surface area contributed by atoms with Gasteiger partial charge < -0.3 is 0 Å². The first-order valence-corrected chi connectivity index (χ1v) is 7.39. The van der Waals surface area contributed by atoms with Crippen LogP contribution in [0.15, 0.2) is 48.5 Å². The number of fused-ring (bicyclic) bond motifs is 1. The van der Waals surface area contributed by atoms with Crippen molar-refractivity contribution in [2.24, 2.45) is 0 Å². The van der Waals surface area contributed by atoms with Crippen LogP contribution in [0.5, 0.6) is 0 Å². The molecule has 0 aromatic heterocycles. The van der Waals surface area contributed by atoms with E-state index in [1.807, 2.05) is 0 Å². The van der Waals surface area contributed by atoms with Gasteiger partial charge in [0.05, 0.1) is 24.8 Å². The number of rotatable bonds is 4. The highest BCUT2D eigenvalue weighted by Crippen LogP contribution is 2.24. The van der Waals surface area contributed by atoms with Gasteiger partial charge in [-0.2, -0.15) is 0 Å². The zero-order valence-electron chi connectivity index (χ0n) is 13.4. The number of amides is 3. The molecule has 0 radical (unpaired) electrons. The molecule has 24 heavy (non-hydrogen) atoms. The smallest absolute Gasteiger partial charge is 0.274 e. The number of imide groups is 1. The zero-order valence-corrected chi connectivity index (χ0v) is 13.4. The Bertz CT molecular complexity index is 779. The molecule has 3 amide bonds. The van der Waals surface area contributed by atoms with Crippen LogP contribution in [0.2, 0.25) is 0 Å². The predicted molar refractivity (Wildman–Crippen MR) is 86.2 cm³/mol. The molecular weight excluding hydrogens is 308 g/mol. The standard InChI is InChI=1S/C18H16N2O4/c1-19(24-2)16(21)13-9-7-12(8-10-13)11-20-17(22)14-5-3-4-6-15(14)18(20)23/h3-10H,11H2,1-2H3. The second-order valence-corrected chi connectivity index (χ2v) is 5.42. The first kappa shape index (κ1) is 15.9. The Labute approximate surface area is 139 Å². The normalized spacial score (nSPS) is 13.2. The van der Waals surface area contributed by atoms with E-state index in [4.69, 9.17) is 4.84 Å². The van der Waals surface area contributed by atoms with Crippen molar-refractivity contribution in [3.63, 3.8) is 0 Å². The minimum Gasteiger partial charge on any atom is -0.274 e. The van der Waals surface area contributed by atoms with Crippen LogP contribution >= 0.6 is 0 Å². The molecular formula is C18H16N2O4. The number of carbonyl (C=O) groups excluding carboxylic acids is 3. The first-order valence-electron chi connectivity index (χ1n) is 7.39. The third kappa shape index (κ3) is 2.68. The summed E-state index contributed by atoms with van der Waals surface area (Å²) in [6, 6.07) is 13.5. The molecule has 122 valence electrons. The Morgan fingerprint density at radius 1 is 1.00 bits per heavy atom. The van der Waals surface area contributed by atoms with Crippen LogP contribution in [0.3, 0.4) is 0 Å². The van der Waals surface area contributed by atoms with E-state index in [2.05, 4.69) is 0 Å². The fourth-order valence-corrected chi connectivity index (χ4v) is 2.58. The molecule has 0 saturated heterocycles. The number of hydrogen-bond acceptors (Lipinski definition) is 4. The Balaban J connectivity index is 1.77. The summed E-state index contributed by atoms with van der Waals surface area (Å²) in [5.74, 6) is -0.866. The van der Waals surface area contributed by atoms with Gasteiger partial charge in [0.25, 0.3) is 17.7 Å². The van der Waals surface area contributed by atoms with E-state index in [0.717, 1.165) is 10.6 Å². The number of benzene rings is 2. The van der Waals surface area contributed by atoms with Gasteiger partial charge in [0.15, 0.2) is 0 Å². The lowest BCUT2D eigenvalue weighted by molar-refractivity contribution is -0.0757. The molecule has 1 heterocycles. The van der Waals surface area contributed by atoms with Crippen LogP contribution in [-0.2, 0) is 11.4 Å². The molecule has 0 aliphatic carbocycles. The Hall–Kier alpha value is -2.99. The van der Waals surface area contributed by atoms with E-state index in [-0.39, 0.29) is 24.3 Å². The lowest BCUT2D eigenvalue weighted by Gasteiger charge is -2.15. The van der Waals surface area contributed by atoms with Gasteiger partial charge in [0.1, 0.15) is 0 Å². The van der Waals surface area contributed by atoms with Crippen LogP contribution in [0.25, 0.3) is 0 Å². The lowest BCUT2D eigenvalue weighted by Crippen LogP contribution is -2.29. The van der Waals surface area contributed by atoms with Gasteiger partial charge in [-0.05, 0) is 29.8 Å². The van der Waals surface area contributed by atoms with E-state index in [9.17, 15) is 14.4 Å². The van der Waals surface area contributed by atoms with Crippen molar-refractivity contribution < 1.29 is 19.2 Å². The topological polar surface area (TPSA) is 66.9 Å². The zero-order chi connectivity index (χ0) is 17.3. The average molecular weight is 324 g/mol. The van der Waals surface area contributed by atoms with Gasteiger partial charge in [0.2, 0.25) is 0 Å². The van der Waals surface area contributed by atoms with E-state index >= 15 is 0 Å². The number of hydroxylamine groups is 2. The average Bonchev–Trinajstić information content (AvgIpc) is 2.86. The number of hydrogen-bond donors (Lipinski definition) is 0. The second-order valence-electron chi connectivity index (χ2n) is 5.42. The van der Waals surface area contributed by atoms with Crippen LogP contribution in [0.1, 0.15) is 36.6 Å². The molecule has 6 nitrogen and oxygen atoms in total. The maximum absolute atomic E-state index is 12.3. The van der Waals surface area contributed by atoms with Crippen molar-refractivity contribution in [1.29, 1.82) is 0 Å². The number of nitrogens with zero attached hydrogens (tertiary/aromatic N) is 2. The third-order valence-corrected chi connectivity index (χ3v) is 3.98. The molecule has 0 spiro atoms. The van der Waals surface area contributed by atoms with Crippen LogP contribution in [-0.4, -0.2) is 41.8 Å². The van der Waals surface area contributed by atoms with Crippen molar-refractivity contribution in [3.8, 4) is 0 Å². The molecule has 0 fully saturated rings. The summed E-state index contributed by atoms with van der Waals surface area (Å²) in [5, 5.41) is 1.12. The van der Waals surface area contributed by atoms with E-state index in [0.29, 0.717) is 16.7 Å². The largest absolute Gasteiger partial charge is 0.277 e. The van der Waals surface area contributed by atoms with Gasteiger partial charge in [-0.25, -0.2) is 5.06 Å². The summed E-state index contributed by atoms with van der Waals surface area (Å²) >= 11 is 0. The molecule has 0 unspecified atom stereocenters. The van der Waals surface area contributed by atoms with Gasteiger partial charge >= 0.3 is 0 Å². The summed E-state index contributed by atoms with van der Waals surface area (Å²) < 4.78 is 0. The molecule has 1 aliphatic heterocycles. The molecule has 6 heteroatoms. The van der Waals surface area contributed by atoms with Crippen LogP contribution in [0, 0.1) is 0 Å². The van der Waals surface area contributed by atoms with Crippen LogP contribution < -0.4 is 0 Å². The maximum atomic E-state index is 12.3. The highest BCUT2D eigenvalue weighted by molar-refractivity contribution is 6.21. The van der Waals surface area contributed by atoms with E-state index < -0.39 is 0 Å². The first-order chi connectivity index (χ1) is 11.5. The van der Waals surface area contributed by atoms with Crippen molar-refractivity contribution in [3.05, 3.63) is 70.8 Å². The van der Waals surface area contributed by atoms with Gasteiger partial charge in [-0.15, -0.1) is 0 Å². The molecule has 0 saturated carbocycles. The maximum Gasteiger partial charge on any atom is 0.277 e. The molecule has 1 aliphatic rings. The monoisotopic (exact) mass is 324 g/mol. The van der Waals surface area contributed by atoms with Crippen molar-refractivity contribution >= 4 is 17.7 Å². The Morgan fingerprint density at radius 2 is 1.54 bits per heavy atom. The highest BCUT2D eigenvalue weighted by atomic mass is 16.7. The van der Waals surface area contributed by atoms with Crippen molar-refractivity contribution in [2.45, 2.75) is 6.54 Å². The van der Waals surface area contributed by atoms with Gasteiger partial charge in [-0.1, -0.05) is 24.3 Å². The fourth-order valence-electron chi connectivity index (χ4n) is 2.58. The summed E-state index contributed by atoms with van der Waals surface area (Å²) in [5.41, 5.74) is 2.08. The molecule has 2 aromatic carbocycles. The Morgan fingerprint density at radius 3 is 2.04 bits per heavy atom. The minimum atomic E-state index is -0.296. The lowest BCUT2D eigenvalue weighted by atomic mass is 10.1. The molecule has 2 aromatic rings. The van der Waals surface area contributed by atoms with E-state index in [1.54, 1.807) is 48.5 Å². The molecule has 0 atom stereocenters. The minimum absolute atomic E-state index is 0.168. The fraction of sp³-hybridized carbons (Fsp3) is 0.167. The van der Waals surface area contributed by atoms with E-state index in [1.165, 1.54) is 19.1 Å². The number of carbonyl (C=O) groups is 3. The Kier molecular flexibility index (Phi) is 4.14. The summed E-state index contributed by atoms with van der Waals surface area (Å²) in [6.45, 7) is 0.168. The molecule has 0 bridgehead atoms. The summed E-state index contributed by atoms with van der Waals surface area (Å²) in [7, 11) is 2.93. The van der Waals surface area contributed by atoms with Gasteiger partial charge in [0, 0.05) is 12.6 Å². The molecule has 0 N–H and O–H groups in total. The third-order valence-electron chi connectivity index (χ3n) is 3.98. The molecule has 3 rings (SSSR count). The predicted octanol–water partition coefficient (Wildman–Crippen LogP) is 2.12. The second kappa shape index (κ2) is 6.25. The van der Waals surface area contributed by atoms with Crippen molar-refractivity contribution in [2.75, 3.05) is 14.2 Å². The quantitative estimate of drug-likeness (QED) is 0.638. The summed E-state index contributed by atoms with van der Waals surface area (Å²) in [4.78, 5) is 42.7. The van der Waals surface area contributed by atoms with Crippen LogP contribution in [0.4, 0.5) is 0 Å². The van der Waals surface area contributed by atoms with Gasteiger partial charge in [-0.3, -0.25) is 24.1 Å². The van der Waals surface area contributed by atoms with Crippen molar-refractivity contribution in [1.82, 2.24) is 9.96 Å². The SMILES string of the molecule is CON(C)C(=O)c1ccc(CN2C(=O)c3ccccc3C2=O)cc1.